The van der Waals surface area contributed by atoms with Crippen molar-refractivity contribution >= 4 is 11.6 Å². The van der Waals surface area contributed by atoms with Gasteiger partial charge in [0, 0.05) is 11.3 Å². The van der Waals surface area contributed by atoms with E-state index in [0.717, 1.165) is 0 Å². The van der Waals surface area contributed by atoms with E-state index in [9.17, 15) is 4.79 Å². The molecule has 0 bridgehead atoms. The zero-order valence-electron chi connectivity index (χ0n) is 10.3. The lowest BCUT2D eigenvalue weighted by atomic mass is 10.1. The van der Waals surface area contributed by atoms with Gasteiger partial charge >= 0.3 is 0 Å². The summed E-state index contributed by atoms with van der Waals surface area (Å²) in [4.78, 5) is 12.1. The summed E-state index contributed by atoms with van der Waals surface area (Å²) in [6, 6.07) is 15.7. The van der Waals surface area contributed by atoms with Gasteiger partial charge in [0.05, 0.1) is 5.56 Å². The number of amides is 1. The average Bonchev–Trinajstić information content (AvgIpc) is 2.39. The highest BCUT2D eigenvalue weighted by atomic mass is 16.2. The molecule has 0 unspecified atom stereocenters. The third kappa shape index (κ3) is 2.90. The second-order valence-corrected chi connectivity index (χ2v) is 4.28. The fraction of sp³-hybridized carbons (Fsp3) is 0.0714. The number of rotatable bonds is 3. The molecule has 2 rings (SSSR count). The Morgan fingerprint density at radius 3 is 2.16 bits per heavy atom. The molecule has 7 N–H and O–H groups in total. The summed E-state index contributed by atoms with van der Waals surface area (Å²) in [5, 5.41) is 2.57. The van der Waals surface area contributed by atoms with Gasteiger partial charge in [-0.3, -0.25) is 16.3 Å². The number of carbonyl (C=O) groups is 1. The molecule has 19 heavy (non-hydrogen) atoms. The molecule has 1 amide bonds. The molecule has 0 fully saturated rings. The largest absolute Gasteiger partial charge is 0.398 e. The number of nitrogens with two attached hydrogens (primary N) is 3. The van der Waals surface area contributed by atoms with Crippen LogP contribution in [0.25, 0.3) is 0 Å². The highest BCUT2D eigenvalue weighted by Crippen LogP contribution is 2.13. The van der Waals surface area contributed by atoms with Crippen molar-refractivity contribution in [3.05, 3.63) is 65.7 Å². The Balaban J connectivity index is 2.22. The molecule has 0 spiro atoms. The lowest BCUT2D eigenvalue weighted by Gasteiger charge is -2.26. The maximum atomic E-state index is 12.1. The summed E-state index contributed by atoms with van der Waals surface area (Å²) >= 11 is 0. The zero-order chi connectivity index (χ0) is 13.9. The van der Waals surface area contributed by atoms with Crippen molar-refractivity contribution < 1.29 is 4.79 Å². The summed E-state index contributed by atoms with van der Waals surface area (Å²) in [5.41, 5.74) is 18.9. The van der Waals surface area contributed by atoms with Crippen LogP contribution in [0.3, 0.4) is 0 Å². The molecule has 0 atom stereocenters. The Morgan fingerprint density at radius 1 is 0.947 bits per heavy atom. The van der Waals surface area contributed by atoms with Gasteiger partial charge in [0.1, 0.15) is 0 Å². The molecule has 0 aliphatic carbocycles. The maximum Gasteiger partial charge on any atom is 0.256 e. The first kappa shape index (κ1) is 13.1. The van der Waals surface area contributed by atoms with E-state index in [0.29, 0.717) is 16.8 Å². The SMILES string of the molecule is Nc1ccccc1C(=O)NC(N)(N)c1ccccc1. The summed E-state index contributed by atoms with van der Waals surface area (Å²) in [5.74, 6) is -1.85. The van der Waals surface area contributed by atoms with Crippen molar-refractivity contribution in [1.82, 2.24) is 5.32 Å². The Bertz CT molecular complexity index is 581. The number of anilines is 1. The predicted octanol–water partition coefficient (Wildman–Crippen LogP) is 0.727. The minimum absolute atomic E-state index is 0.346. The molecular weight excluding hydrogens is 240 g/mol. The van der Waals surface area contributed by atoms with Crippen molar-refractivity contribution in [1.29, 1.82) is 0 Å². The van der Waals surface area contributed by atoms with E-state index in [1.165, 1.54) is 0 Å². The number of benzene rings is 2. The van der Waals surface area contributed by atoms with Gasteiger partial charge in [-0.05, 0) is 12.1 Å². The molecule has 0 aromatic heterocycles. The fourth-order valence-corrected chi connectivity index (χ4v) is 1.75. The molecule has 0 aliphatic rings. The standard InChI is InChI=1S/C14H16N4O/c15-12-9-5-4-8-11(12)13(19)18-14(16,17)10-6-2-1-3-7-10/h1-9H,15-17H2,(H,18,19). The normalized spacial score (nSPS) is 11.1. The van der Waals surface area contributed by atoms with Crippen LogP contribution in [-0.2, 0) is 5.79 Å². The van der Waals surface area contributed by atoms with Crippen LogP contribution in [0, 0.1) is 0 Å². The Morgan fingerprint density at radius 2 is 1.53 bits per heavy atom. The summed E-state index contributed by atoms with van der Waals surface area (Å²) in [7, 11) is 0. The van der Waals surface area contributed by atoms with E-state index in [4.69, 9.17) is 17.2 Å². The molecular formula is C14H16N4O. The number of para-hydroxylation sites is 1. The minimum atomic E-state index is -1.44. The highest BCUT2D eigenvalue weighted by molar-refractivity contribution is 5.99. The smallest absolute Gasteiger partial charge is 0.256 e. The van der Waals surface area contributed by atoms with Crippen LogP contribution >= 0.6 is 0 Å². The van der Waals surface area contributed by atoms with Crippen molar-refractivity contribution in [2.24, 2.45) is 11.5 Å². The van der Waals surface area contributed by atoms with Crippen LogP contribution in [0.1, 0.15) is 15.9 Å². The lowest BCUT2D eigenvalue weighted by molar-refractivity contribution is 0.0902. The predicted molar refractivity (Wildman–Crippen MR) is 74.8 cm³/mol. The summed E-state index contributed by atoms with van der Waals surface area (Å²) in [6.45, 7) is 0. The van der Waals surface area contributed by atoms with Crippen molar-refractivity contribution in [3.63, 3.8) is 0 Å². The lowest BCUT2D eigenvalue weighted by Crippen LogP contribution is -2.60. The first-order valence-electron chi connectivity index (χ1n) is 5.81. The summed E-state index contributed by atoms with van der Waals surface area (Å²) < 4.78 is 0. The maximum absolute atomic E-state index is 12.1. The Kier molecular flexibility index (Phi) is 3.50. The van der Waals surface area contributed by atoms with E-state index in [-0.39, 0.29) is 0 Å². The van der Waals surface area contributed by atoms with Crippen molar-refractivity contribution in [2.75, 3.05) is 5.73 Å². The van der Waals surface area contributed by atoms with E-state index in [2.05, 4.69) is 5.32 Å². The van der Waals surface area contributed by atoms with Gasteiger partial charge in [0.15, 0.2) is 5.79 Å². The van der Waals surface area contributed by atoms with Crippen LogP contribution < -0.4 is 22.5 Å². The molecule has 0 aliphatic heterocycles. The monoisotopic (exact) mass is 256 g/mol. The third-order valence-corrected chi connectivity index (χ3v) is 2.78. The molecule has 0 saturated heterocycles. The van der Waals surface area contributed by atoms with E-state index in [1.54, 1.807) is 48.5 Å². The van der Waals surface area contributed by atoms with Crippen molar-refractivity contribution in [2.45, 2.75) is 5.79 Å². The first-order chi connectivity index (χ1) is 9.00. The molecule has 98 valence electrons. The molecule has 0 heterocycles. The van der Waals surface area contributed by atoms with E-state index >= 15 is 0 Å². The number of nitrogens with one attached hydrogen (secondary N) is 1. The number of hydrogen-bond acceptors (Lipinski definition) is 4. The van der Waals surface area contributed by atoms with Crippen LogP contribution in [0.2, 0.25) is 0 Å². The van der Waals surface area contributed by atoms with Gasteiger partial charge in [-0.25, -0.2) is 0 Å². The van der Waals surface area contributed by atoms with Crippen molar-refractivity contribution in [3.8, 4) is 0 Å². The Labute approximate surface area is 111 Å². The molecule has 2 aromatic carbocycles. The van der Waals surface area contributed by atoms with Crippen LogP contribution in [0.4, 0.5) is 5.69 Å². The number of nitrogen functional groups attached to an aromatic ring is 1. The quantitative estimate of drug-likeness (QED) is 0.479. The second kappa shape index (κ2) is 5.09. The van der Waals surface area contributed by atoms with Gasteiger partial charge < -0.3 is 11.1 Å². The fourth-order valence-electron chi connectivity index (χ4n) is 1.75. The molecule has 5 heteroatoms. The molecule has 0 radical (unpaired) electrons. The molecule has 0 saturated carbocycles. The average molecular weight is 256 g/mol. The topological polar surface area (TPSA) is 107 Å². The van der Waals surface area contributed by atoms with E-state index in [1.807, 2.05) is 6.07 Å². The van der Waals surface area contributed by atoms with Crippen LogP contribution in [-0.4, -0.2) is 5.91 Å². The first-order valence-corrected chi connectivity index (χ1v) is 5.81. The van der Waals surface area contributed by atoms with Gasteiger partial charge in [0.2, 0.25) is 0 Å². The van der Waals surface area contributed by atoms with Crippen LogP contribution in [0.5, 0.6) is 0 Å². The van der Waals surface area contributed by atoms with Gasteiger partial charge in [-0.1, -0.05) is 42.5 Å². The third-order valence-electron chi connectivity index (χ3n) is 2.78. The van der Waals surface area contributed by atoms with Gasteiger partial charge in [-0.15, -0.1) is 0 Å². The Hall–Kier alpha value is -2.37. The second-order valence-electron chi connectivity index (χ2n) is 4.28. The molecule has 2 aromatic rings. The van der Waals surface area contributed by atoms with Crippen LogP contribution in [0.15, 0.2) is 54.6 Å². The summed E-state index contributed by atoms with van der Waals surface area (Å²) in [6.07, 6.45) is 0. The van der Waals surface area contributed by atoms with E-state index < -0.39 is 11.7 Å². The van der Waals surface area contributed by atoms with Gasteiger partial charge in [0.25, 0.3) is 5.91 Å². The minimum Gasteiger partial charge on any atom is -0.398 e. The number of hydrogen-bond donors (Lipinski definition) is 4. The highest BCUT2D eigenvalue weighted by Gasteiger charge is 2.25. The van der Waals surface area contributed by atoms with Gasteiger partial charge in [-0.2, -0.15) is 0 Å². The molecule has 5 nitrogen and oxygen atoms in total. The number of carbonyl (C=O) groups excluding carboxylic acids is 1. The zero-order valence-corrected chi connectivity index (χ0v) is 10.3.